The first-order chi connectivity index (χ1) is 13.3. The quantitative estimate of drug-likeness (QED) is 0.302. The van der Waals surface area contributed by atoms with Gasteiger partial charge in [0.1, 0.15) is 5.76 Å². The number of carbonyl (C=O) groups excluding carboxylic acids is 1. The molecule has 0 fully saturated rings. The molecule has 0 unspecified atom stereocenters. The maximum absolute atomic E-state index is 12.1. The number of rotatable bonds is 7. The van der Waals surface area contributed by atoms with Gasteiger partial charge in [-0.3, -0.25) is 9.36 Å². The van der Waals surface area contributed by atoms with Crippen molar-refractivity contribution in [1.29, 1.82) is 0 Å². The number of aryl methyl sites for hydroxylation is 3. The van der Waals surface area contributed by atoms with Gasteiger partial charge >= 0.3 is 0 Å². The predicted octanol–water partition coefficient (Wildman–Crippen LogP) is 5.45. The highest BCUT2D eigenvalue weighted by molar-refractivity contribution is 7.98. The number of allylic oxidation sites excluding steroid dienone is 1. The molecule has 1 aromatic carbocycles. The Kier molecular flexibility index (Phi) is 5.89. The van der Waals surface area contributed by atoms with Crippen molar-refractivity contribution in [2.75, 3.05) is 0 Å². The number of hydrogen-bond donors (Lipinski definition) is 0. The van der Waals surface area contributed by atoms with Gasteiger partial charge in [0.2, 0.25) is 0 Å². The van der Waals surface area contributed by atoms with Crippen molar-refractivity contribution in [3.8, 4) is 11.4 Å². The topological polar surface area (TPSA) is 60.9 Å². The van der Waals surface area contributed by atoms with Crippen LogP contribution in [0.3, 0.4) is 0 Å². The van der Waals surface area contributed by atoms with Crippen molar-refractivity contribution in [3.05, 3.63) is 64.6 Å². The SMILES string of the molecule is C=CCn1c(SCc2c(C)cc(C)c(C(C)=O)c2C)nnc1-c1ccoc1C. The van der Waals surface area contributed by atoms with Crippen molar-refractivity contribution in [2.24, 2.45) is 0 Å². The Labute approximate surface area is 169 Å². The Hall–Kier alpha value is -2.60. The summed E-state index contributed by atoms with van der Waals surface area (Å²) in [6, 6.07) is 4.00. The van der Waals surface area contributed by atoms with E-state index in [1.165, 1.54) is 11.1 Å². The Morgan fingerprint density at radius 2 is 2.00 bits per heavy atom. The van der Waals surface area contributed by atoms with Gasteiger partial charge in [-0.2, -0.15) is 0 Å². The van der Waals surface area contributed by atoms with Gasteiger partial charge in [-0.15, -0.1) is 16.8 Å². The lowest BCUT2D eigenvalue weighted by Gasteiger charge is -2.15. The molecule has 6 heteroatoms. The second-order valence-electron chi connectivity index (χ2n) is 6.93. The number of nitrogens with zero attached hydrogens (tertiary/aromatic N) is 3. The van der Waals surface area contributed by atoms with Crippen LogP contribution in [0.25, 0.3) is 11.4 Å². The van der Waals surface area contributed by atoms with Gasteiger partial charge in [0.15, 0.2) is 16.8 Å². The molecule has 146 valence electrons. The van der Waals surface area contributed by atoms with Crippen molar-refractivity contribution in [3.63, 3.8) is 0 Å². The zero-order valence-corrected chi connectivity index (χ0v) is 17.8. The summed E-state index contributed by atoms with van der Waals surface area (Å²) in [6.07, 6.45) is 3.50. The fraction of sp³-hybridized carbons (Fsp3) is 0.318. The van der Waals surface area contributed by atoms with Crippen molar-refractivity contribution < 1.29 is 9.21 Å². The molecule has 0 N–H and O–H groups in total. The van der Waals surface area contributed by atoms with E-state index in [-0.39, 0.29) is 5.78 Å². The van der Waals surface area contributed by atoms with Crippen LogP contribution in [0, 0.1) is 27.7 Å². The zero-order valence-electron chi connectivity index (χ0n) is 17.0. The molecule has 0 bridgehead atoms. The molecular formula is C22H25N3O2S. The van der Waals surface area contributed by atoms with Gasteiger partial charge in [0.25, 0.3) is 0 Å². The van der Waals surface area contributed by atoms with Gasteiger partial charge in [0, 0.05) is 17.9 Å². The van der Waals surface area contributed by atoms with Crippen LogP contribution < -0.4 is 0 Å². The van der Waals surface area contributed by atoms with E-state index in [4.69, 9.17) is 4.42 Å². The van der Waals surface area contributed by atoms with Crippen LogP contribution in [0.4, 0.5) is 0 Å². The summed E-state index contributed by atoms with van der Waals surface area (Å²) in [5, 5.41) is 9.60. The molecule has 3 aromatic rings. The van der Waals surface area contributed by atoms with E-state index < -0.39 is 0 Å². The first kappa shape index (κ1) is 20.1. The molecule has 0 aliphatic rings. The van der Waals surface area contributed by atoms with Crippen molar-refractivity contribution in [1.82, 2.24) is 14.8 Å². The summed E-state index contributed by atoms with van der Waals surface area (Å²) in [4.78, 5) is 12.1. The second-order valence-corrected chi connectivity index (χ2v) is 7.87. The highest BCUT2D eigenvalue weighted by atomic mass is 32.2. The lowest BCUT2D eigenvalue weighted by Crippen LogP contribution is -2.06. The standard InChI is InChI=1S/C22H25N3O2S/c1-7-9-25-21(18-8-10-27-17(18)6)23-24-22(25)28-12-19-13(2)11-14(3)20(15(19)4)16(5)26/h7-8,10-11H,1,9,12H2,2-6H3. The predicted molar refractivity (Wildman–Crippen MR) is 113 cm³/mol. The molecule has 0 aliphatic carbocycles. The summed E-state index contributed by atoms with van der Waals surface area (Å²) in [5.41, 5.74) is 6.20. The van der Waals surface area contributed by atoms with Crippen LogP contribution in [-0.4, -0.2) is 20.5 Å². The van der Waals surface area contributed by atoms with E-state index in [1.54, 1.807) is 24.9 Å². The first-order valence-electron chi connectivity index (χ1n) is 9.17. The van der Waals surface area contributed by atoms with Crippen LogP contribution in [0.1, 0.15) is 45.3 Å². The van der Waals surface area contributed by atoms with Crippen molar-refractivity contribution >= 4 is 17.5 Å². The largest absolute Gasteiger partial charge is 0.469 e. The number of ketones is 1. The summed E-state index contributed by atoms with van der Waals surface area (Å²) in [7, 11) is 0. The van der Waals surface area contributed by atoms with Crippen LogP contribution in [0.2, 0.25) is 0 Å². The number of hydrogen-bond acceptors (Lipinski definition) is 5. The molecule has 0 radical (unpaired) electrons. The molecule has 0 saturated carbocycles. The molecule has 2 heterocycles. The number of benzene rings is 1. The molecule has 0 amide bonds. The zero-order chi connectivity index (χ0) is 20.4. The number of Topliss-reactive ketones (excluding diaryl/α,β-unsaturated/α-hetero) is 1. The summed E-state index contributed by atoms with van der Waals surface area (Å²) < 4.78 is 7.47. The molecule has 5 nitrogen and oxygen atoms in total. The Balaban J connectivity index is 1.95. The van der Waals surface area contributed by atoms with Gasteiger partial charge < -0.3 is 4.42 Å². The maximum Gasteiger partial charge on any atom is 0.192 e. The second kappa shape index (κ2) is 8.19. The first-order valence-corrected chi connectivity index (χ1v) is 10.2. The number of aromatic nitrogens is 3. The van der Waals surface area contributed by atoms with Crippen LogP contribution in [0.5, 0.6) is 0 Å². The fourth-order valence-corrected chi connectivity index (χ4v) is 4.77. The van der Waals surface area contributed by atoms with E-state index >= 15 is 0 Å². The molecular weight excluding hydrogens is 370 g/mol. The lowest BCUT2D eigenvalue weighted by molar-refractivity contribution is 0.101. The molecule has 0 aliphatic heterocycles. The van der Waals surface area contributed by atoms with Crippen molar-refractivity contribution in [2.45, 2.75) is 52.1 Å². The minimum atomic E-state index is 0.105. The number of carbonyl (C=O) groups is 1. The Bertz CT molecular complexity index is 1050. The van der Waals surface area contributed by atoms with Gasteiger partial charge in [-0.05, 0) is 62.9 Å². The Morgan fingerprint density at radius 1 is 1.25 bits per heavy atom. The number of thioether (sulfide) groups is 1. The normalized spacial score (nSPS) is 11.0. The molecule has 28 heavy (non-hydrogen) atoms. The minimum absolute atomic E-state index is 0.105. The van der Waals surface area contributed by atoms with Gasteiger partial charge in [0.05, 0.1) is 11.8 Å². The third kappa shape index (κ3) is 3.69. The summed E-state index contributed by atoms with van der Waals surface area (Å²) >= 11 is 1.62. The van der Waals surface area contributed by atoms with E-state index in [1.807, 2.05) is 37.5 Å². The highest BCUT2D eigenvalue weighted by Gasteiger charge is 2.19. The van der Waals surface area contributed by atoms with E-state index in [2.05, 4.69) is 29.8 Å². The molecule has 0 saturated heterocycles. The maximum atomic E-state index is 12.1. The van der Waals surface area contributed by atoms with Gasteiger partial charge in [-0.1, -0.05) is 23.9 Å². The fourth-order valence-electron chi connectivity index (χ4n) is 3.63. The number of furan rings is 1. The monoisotopic (exact) mass is 395 g/mol. The smallest absolute Gasteiger partial charge is 0.192 e. The van der Waals surface area contributed by atoms with Crippen LogP contribution in [0.15, 0.2) is 40.6 Å². The Morgan fingerprint density at radius 3 is 2.61 bits per heavy atom. The molecule has 2 aromatic heterocycles. The van der Waals surface area contributed by atoms with Gasteiger partial charge in [-0.25, -0.2) is 0 Å². The van der Waals surface area contributed by atoms with Crippen LogP contribution >= 0.6 is 11.8 Å². The third-order valence-electron chi connectivity index (χ3n) is 4.96. The van der Waals surface area contributed by atoms with Crippen LogP contribution in [-0.2, 0) is 12.3 Å². The van der Waals surface area contributed by atoms with E-state index in [0.29, 0.717) is 6.54 Å². The summed E-state index contributed by atoms with van der Waals surface area (Å²) in [5.74, 6) is 2.41. The molecule has 0 spiro atoms. The third-order valence-corrected chi connectivity index (χ3v) is 5.95. The molecule has 3 rings (SSSR count). The van der Waals surface area contributed by atoms with E-state index in [9.17, 15) is 4.79 Å². The average Bonchev–Trinajstić information content (AvgIpc) is 3.20. The average molecular weight is 396 g/mol. The highest BCUT2D eigenvalue weighted by Crippen LogP contribution is 2.32. The molecule has 0 atom stereocenters. The van der Waals surface area contributed by atoms with E-state index in [0.717, 1.165) is 44.7 Å². The minimum Gasteiger partial charge on any atom is -0.469 e. The lowest BCUT2D eigenvalue weighted by atomic mass is 9.92. The summed E-state index contributed by atoms with van der Waals surface area (Å²) in [6.45, 7) is 14.1.